The topological polar surface area (TPSA) is 67.4 Å². The first-order valence-electron chi connectivity index (χ1n) is 11.4. The third kappa shape index (κ3) is 8.07. The molecule has 0 spiro atoms. The zero-order chi connectivity index (χ0) is 21.1. The number of aliphatic imine (C=N–C) groups is 1. The number of rotatable bonds is 9. The largest absolute Gasteiger partial charge is 0.494 e. The zero-order valence-corrected chi connectivity index (χ0v) is 21.4. The molecule has 1 aromatic rings. The fourth-order valence-electron chi connectivity index (χ4n) is 4.10. The van der Waals surface area contributed by atoms with Gasteiger partial charge in [0.15, 0.2) is 5.96 Å². The minimum Gasteiger partial charge on any atom is -0.494 e. The molecule has 0 bridgehead atoms. The van der Waals surface area contributed by atoms with Crippen LogP contribution in [0.15, 0.2) is 29.3 Å². The third-order valence-electron chi connectivity index (χ3n) is 5.94. The summed E-state index contributed by atoms with van der Waals surface area (Å²) in [5.74, 6) is 1.81. The molecule has 2 aliphatic heterocycles. The Balaban J connectivity index is 0.00000341. The number of nitrogens with one attached hydrogen (secondary N) is 2. The molecule has 0 unspecified atom stereocenters. The quantitative estimate of drug-likeness (QED) is 0.282. The van der Waals surface area contributed by atoms with Crippen molar-refractivity contribution in [3.8, 4) is 5.75 Å². The molecule has 0 amide bonds. The summed E-state index contributed by atoms with van der Waals surface area (Å²) in [7, 11) is 0. The second-order valence-electron chi connectivity index (χ2n) is 7.93. The standard InChI is InChI=1S/C23H38N4O3.HI/c1-3-24-22(25-11-12-27-13-17-29-18-14-27)26-19-23(9-15-28-16-10-23)20-5-7-21(8-6-20)30-4-2;/h5-8H,3-4,9-19H2,1-2H3,(H2,24,25,26);1H. The van der Waals surface area contributed by atoms with Crippen LogP contribution < -0.4 is 15.4 Å². The van der Waals surface area contributed by atoms with E-state index in [4.69, 9.17) is 19.2 Å². The zero-order valence-electron chi connectivity index (χ0n) is 19.0. The number of hydrogen-bond donors (Lipinski definition) is 2. The highest BCUT2D eigenvalue weighted by Crippen LogP contribution is 2.36. The molecular formula is C23H39IN4O3. The molecule has 2 fully saturated rings. The lowest BCUT2D eigenvalue weighted by Gasteiger charge is -2.36. The van der Waals surface area contributed by atoms with Gasteiger partial charge < -0.3 is 24.8 Å². The van der Waals surface area contributed by atoms with Crippen LogP contribution in [0.1, 0.15) is 32.3 Å². The van der Waals surface area contributed by atoms with Crippen molar-refractivity contribution in [1.82, 2.24) is 15.5 Å². The Morgan fingerprint density at radius 2 is 1.71 bits per heavy atom. The number of nitrogens with zero attached hydrogens (tertiary/aromatic N) is 2. The molecule has 0 saturated carbocycles. The summed E-state index contributed by atoms with van der Waals surface area (Å²) in [5, 5.41) is 6.91. The van der Waals surface area contributed by atoms with Crippen LogP contribution >= 0.6 is 24.0 Å². The summed E-state index contributed by atoms with van der Waals surface area (Å²) in [6, 6.07) is 8.55. The van der Waals surface area contributed by atoms with E-state index in [1.807, 2.05) is 6.92 Å². The summed E-state index contributed by atoms with van der Waals surface area (Å²) in [6.07, 6.45) is 1.97. The highest BCUT2D eigenvalue weighted by atomic mass is 127. The third-order valence-corrected chi connectivity index (χ3v) is 5.94. The summed E-state index contributed by atoms with van der Waals surface area (Å²) in [5.41, 5.74) is 1.33. The SMILES string of the molecule is CCNC(=NCC1(c2ccc(OCC)cc2)CCOCC1)NCCN1CCOCC1.I. The van der Waals surface area contributed by atoms with Crippen LogP contribution in [0.3, 0.4) is 0 Å². The monoisotopic (exact) mass is 546 g/mol. The Kier molecular flexibility index (Phi) is 11.9. The number of halogens is 1. The Labute approximate surface area is 204 Å². The summed E-state index contributed by atoms with van der Waals surface area (Å²) < 4.78 is 16.7. The number of guanidine groups is 1. The van der Waals surface area contributed by atoms with Crippen LogP contribution in [-0.4, -0.2) is 83.2 Å². The Hall–Kier alpha value is -1.10. The van der Waals surface area contributed by atoms with E-state index in [2.05, 4.69) is 46.7 Å². The van der Waals surface area contributed by atoms with Gasteiger partial charge in [-0.15, -0.1) is 24.0 Å². The van der Waals surface area contributed by atoms with Crippen LogP contribution in [-0.2, 0) is 14.9 Å². The fourth-order valence-corrected chi connectivity index (χ4v) is 4.10. The summed E-state index contributed by atoms with van der Waals surface area (Å²) >= 11 is 0. The number of benzene rings is 1. The molecule has 31 heavy (non-hydrogen) atoms. The van der Waals surface area contributed by atoms with E-state index in [0.717, 1.165) is 90.2 Å². The van der Waals surface area contributed by atoms with Crippen molar-refractivity contribution in [2.24, 2.45) is 4.99 Å². The van der Waals surface area contributed by atoms with Crippen LogP contribution in [0.2, 0.25) is 0 Å². The van der Waals surface area contributed by atoms with Gasteiger partial charge >= 0.3 is 0 Å². The molecule has 0 atom stereocenters. The lowest BCUT2D eigenvalue weighted by molar-refractivity contribution is 0.0389. The predicted molar refractivity (Wildman–Crippen MR) is 136 cm³/mol. The lowest BCUT2D eigenvalue weighted by Crippen LogP contribution is -2.45. The van der Waals surface area contributed by atoms with Gasteiger partial charge in [-0.25, -0.2) is 0 Å². The fraction of sp³-hybridized carbons (Fsp3) is 0.696. The van der Waals surface area contributed by atoms with E-state index in [1.54, 1.807) is 0 Å². The molecular weight excluding hydrogens is 507 g/mol. The molecule has 3 rings (SSSR count). The molecule has 2 saturated heterocycles. The molecule has 2 aliphatic rings. The number of morpholine rings is 1. The van der Waals surface area contributed by atoms with Crippen molar-refractivity contribution in [3.05, 3.63) is 29.8 Å². The van der Waals surface area contributed by atoms with Crippen molar-refractivity contribution in [3.63, 3.8) is 0 Å². The van der Waals surface area contributed by atoms with Gasteiger partial charge in [-0.1, -0.05) is 12.1 Å². The van der Waals surface area contributed by atoms with Gasteiger partial charge in [0.2, 0.25) is 0 Å². The van der Waals surface area contributed by atoms with Crippen LogP contribution in [0.25, 0.3) is 0 Å². The van der Waals surface area contributed by atoms with Crippen molar-refractivity contribution >= 4 is 29.9 Å². The van der Waals surface area contributed by atoms with E-state index in [1.165, 1.54) is 5.56 Å². The van der Waals surface area contributed by atoms with Gasteiger partial charge in [0, 0.05) is 51.4 Å². The van der Waals surface area contributed by atoms with E-state index >= 15 is 0 Å². The van der Waals surface area contributed by atoms with Gasteiger partial charge in [0.1, 0.15) is 5.75 Å². The van der Waals surface area contributed by atoms with Crippen molar-refractivity contribution in [2.45, 2.75) is 32.1 Å². The maximum atomic E-state index is 5.67. The highest BCUT2D eigenvalue weighted by molar-refractivity contribution is 14.0. The van der Waals surface area contributed by atoms with Crippen molar-refractivity contribution < 1.29 is 14.2 Å². The van der Waals surface area contributed by atoms with E-state index in [-0.39, 0.29) is 29.4 Å². The average molecular weight is 546 g/mol. The maximum absolute atomic E-state index is 5.67. The second-order valence-corrected chi connectivity index (χ2v) is 7.93. The number of ether oxygens (including phenoxy) is 3. The van der Waals surface area contributed by atoms with Gasteiger partial charge in [0.05, 0.1) is 26.4 Å². The normalized spacial score (nSPS) is 19.4. The van der Waals surface area contributed by atoms with E-state index < -0.39 is 0 Å². The predicted octanol–water partition coefficient (Wildman–Crippen LogP) is 2.64. The van der Waals surface area contributed by atoms with Crippen LogP contribution in [0, 0.1) is 0 Å². The first-order chi connectivity index (χ1) is 14.8. The van der Waals surface area contributed by atoms with Gasteiger partial charge in [0.25, 0.3) is 0 Å². The highest BCUT2D eigenvalue weighted by Gasteiger charge is 2.34. The first kappa shape index (κ1) is 26.2. The Bertz CT molecular complexity index is 645. The Morgan fingerprint density at radius 1 is 1.03 bits per heavy atom. The minimum atomic E-state index is 0. The van der Waals surface area contributed by atoms with Gasteiger partial charge in [-0.2, -0.15) is 0 Å². The molecule has 8 heteroatoms. The maximum Gasteiger partial charge on any atom is 0.191 e. The molecule has 0 aromatic heterocycles. The Morgan fingerprint density at radius 3 is 2.35 bits per heavy atom. The van der Waals surface area contributed by atoms with Crippen molar-refractivity contribution in [1.29, 1.82) is 0 Å². The summed E-state index contributed by atoms with van der Waals surface area (Å²) in [4.78, 5) is 7.42. The lowest BCUT2D eigenvalue weighted by atomic mass is 9.74. The summed E-state index contributed by atoms with van der Waals surface area (Å²) in [6.45, 7) is 13.5. The first-order valence-corrected chi connectivity index (χ1v) is 11.4. The molecule has 176 valence electrons. The molecule has 2 N–H and O–H groups in total. The number of hydrogen-bond acceptors (Lipinski definition) is 5. The smallest absolute Gasteiger partial charge is 0.191 e. The second kappa shape index (κ2) is 14.1. The van der Waals surface area contributed by atoms with Crippen LogP contribution in [0.4, 0.5) is 0 Å². The van der Waals surface area contributed by atoms with Crippen molar-refractivity contribution in [2.75, 3.05) is 72.3 Å². The van der Waals surface area contributed by atoms with Gasteiger partial charge in [-0.3, -0.25) is 9.89 Å². The molecule has 1 aromatic carbocycles. The van der Waals surface area contributed by atoms with E-state index in [9.17, 15) is 0 Å². The average Bonchev–Trinajstić information content (AvgIpc) is 2.79. The molecule has 2 heterocycles. The van der Waals surface area contributed by atoms with Gasteiger partial charge in [-0.05, 0) is 44.4 Å². The molecule has 7 nitrogen and oxygen atoms in total. The van der Waals surface area contributed by atoms with E-state index in [0.29, 0.717) is 6.61 Å². The minimum absolute atomic E-state index is 0. The molecule has 0 radical (unpaired) electrons. The molecule has 0 aliphatic carbocycles. The van der Waals surface area contributed by atoms with Crippen LogP contribution in [0.5, 0.6) is 5.75 Å².